The molecule has 0 saturated heterocycles. The first-order valence-electron chi connectivity index (χ1n) is 3.62. The SMILES string of the molecule is CCS(N)(=O)=O.O=C(O)c1ccoc1. The number of aromatic carboxylic acids is 1. The topological polar surface area (TPSA) is 111 Å². The second-order valence-electron chi connectivity index (χ2n) is 2.27. The fourth-order valence-electron chi connectivity index (χ4n) is 0.386. The summed E-state index contributed by atoms with van der Waals surface area (Å²) < 4.78 is 24.1. The monoisotopic (exact) mass is 221 g/mol. The maximum Gasteiger partial charge on any atom is 0.338 e. The zero-order valence-corrected chi connectivity index (χ0v) is 8.32. The first-order valence-corrected chi connectivity index (χ1v) is 5.34. The van der Waals surface area contributed by atoms with E-state index in [1.54, 1.807) is 0 Å². The first-order chi connectivity index (χ1) is 6.37. The predicted molar refractivity (Wildman–Crippen MR) is 49.3 cm³/mol. The molecular weight excluding hydrogens is 210 g/mol. The van der Waals surface area contributed by atoms with Gasteiger partial charge in [0.2, 0.25) is 10.0 Å². The molecule has 0 radical (unpaired) electrons. The highest BCUT2D eigenvalue weighted by atomic mass is 32.2. The number of hydrogen-bond acceptors (Lipinski definition) is 4. The van der Waals surface area contributed by atoms with Crippen LogP contribution < -0.4 is 5.14 Å². The maximum absolute atomic E-state index is 10.0. The number of carboxylic acids is 1. The zero-order valence-electron chi connectivity index (χ0n) is 7.50. The summed E-state index contributed by atoms with van der Waals surface area (Å²) in [5, 5.41) is 12.7. The molecule has 80 valence electrons. The predicted octanol–water partition coefficient (Wildman–Crippen LogP) is 0.273. The van der Waals surface area contributed by atoms with E-state index in [9.17, 15) is 13.2 Å². The lowest BCUT2D eigenvalue weighted by Crippen LogP contribution is -2.13. The van der Waals surface area contributed by atoms with Crippen molar-refractivity contribution >= 4 is 16.0 Å². The fraction of sp³-hybridized carbons (Fsp3) is 0.286. The Hall–Kier alpha value is -1.34. The van der Waals surface area contributed by atoms with Gasteiger partial charge in [0.05, 0.1) is 17.6 Å². The summed E-state index contributed by atoms with van der Waals surface area (Å²) in [4.78, 5) is 10.0. The minimum Gasteiger partial charge on any atom is -0.478 e. The molecule has 0 spiro atoms. The van der Waals surface area contributed by atoms with Crippen LogP contribution in [0.1, 0.15) is 17.3 Å². The lowest BCUT2D eigenvalue weighted by molar-refractivity contribution is 0.0696. The van der Waals surface area contributed by atoms with Gasteiger partial charge in [-0.05, 0) is 13.0 Å². The van der Waals surface area contributed by atoms with Crippen LogP contribution in [0.2, 0.25) is 0 Å². The Balaban J connectivity index is 0.000000255. The molecule has 1 heterocycles. The molecule has 0 fully saturated rings. The van der Waals surface area contributed by atoms with Gasteiger partial charge >= 0.3 is 5.97 Å². The van der Waals surface area contributed by atoms with Crippen LogP contribution in [0, 0.1) is 0 Å². The van der Waals surface area contributed by atoms with Crippen molar-refractivity contribution < 1.29 is 22.7 Å². The summed E-state index contributed by atoms with van der Waals surface area (Å²) in [7, 11) is -3.16. The number of hydrogen-bond donors (Lipinski definition) is 2. The summed E-state index contributed by atoms with van der Waals surface area (Å²) in [6.07, 6.45) is 2.51. The minimum absolute atomic E-state index is 0.0208. The Morgan fingerprint density at radius 3 is 2.29 bits per heavy atom. The third kappa shape index (κ3) is 6.21. The summed E-state index contributed by atoms with van der Waals surface area (Å²) >= 11 is 0. The van der Waals surface area contributed by atoms with E-state index >= 15 is 0 Å². The maximum atomic E-state index is 10.0. The quantitative estimate of drug-likeness (QED) is 0.744. The number of carbonyl (C=O) groups is 1. The summed E-state index contributed by atoms with van der Waals surface area (Å²) in [6.45, 7) is 1.50. The van der Waals surface area contributed by atoms with E-state index in [1.807, 2.05) is 0 Å². The van der Waals surface area contributed by atoms with Crippen molar-refractivity contribution in [3.63, 3.8) is 0 Å². The van der Waals surface area contributed by atoms with E-state index in [-0.39, 0.29) is 11.3 Å². The Morgan fingerprint density at radius 2 is 2.14 bits per heavy atom. The van der Waals surface area contributed by atoms with E-state index in [4.69, 9.17) is 5.11 Å². The molecule has 0 atom stereocenters. The molecule has 0 aliphatic heterocycles. The van der Waals surface area contributed by atoms with Gasteiger partial charge in [0.15, 0.2) is 0 Å². The summed E-state index contributed by atoms with van der Waals surface area (Å²) in [6, 6.07) is 1.39. The second kappa shape index (κ2) is 5.40. The minimum atomic E-state index is -3.16. The van der Waals surface area contributed by atoms with Crippen molar-refractivity contribution in [2.24, 2.45) is 5.14 Å². The number of primary sulfonamides is 1. The smallest absolute Gasteiger partial charge is 0.338 e. The van der Waals surface area contributed by atoms with Crippen LogP contribution in [0.25, 0.3) is 0 Å². The van der Waals surface area contributed by atoms with Gasteiger partial charge in [-0.15, -0.1) is 0 Å². The molecule has 1 aromatic rings. The van der Waals surface area contributed by atoms with Gasteiger partial charge in [0.25, 0.3) is 0 Å². The molecular formula is C7H11NO5S. The number of carboxylic acid groups (broad SMARTS) is 1. The highest BCUT2D eigenvalue weighted by molar-refractivity contribution is 7.89. The first kappa shape index (κ1) is 12.7. The average molecular weight is 221 g/mol. The summed E-state index contributed by atoms with van der Waals surface area (Å²) in [5.74, 6) is -0.939. The van der Waals surface area contributed by atoms with Crippen molar-refractivity contribution in [2.75, 3.05) is 5.75 Å². The van der Waals surface area contributed by atoms with Crippen LogP contribution >= 0.6 is 0 Å². The Morgan fingerprint density at radius 1 is 1.64 bits per heavy atom. The Bertz CT molecular complexity index is 367. The summed E-state index contributed by atoms with van der Waals surface area (Å²) in [5.41, 5.74) is 0.185. The molecule has 0 aromatic carbocycles. The van der Waals surface area contributed by atoms with Gasteiger partial charge in [-0.1, -0.05) is 0 Å². The Labute approximate surface area is 81.4 Å². The molecule has 0 amide bonds. The van der Waals surface area contributed by atoms with Crippen molar-refractivity contribution in [1.82, 2.24) is 0 Å². The number of nitrogens with two attached hydrogens (primary N) is 1. The van der Waals surface area contributed by atoms with E-state index in [0.29, 0.717) is 0 Å². The highest BCUT2D eigenvalue weighted by Gasteiger charge is 2.00. The average Bonchev–Trinajstić information content (AvgIpc) is 2.56. The molecule has 1 rings (SSSR count). The molecule has 0 aliphatic carbocycles. The number of sulfonamides is 1. The van der Waals surface area contributed by atoms with E-state index in [0.717, 1.165) is 0 Å². The molecule has 0 aliphatic rings. The van der Waals surface area contributed by atoms with Crippen LogP contribution in [0.4, 0.5) is 0 Å². The number of rotatable bonds is 2. The molecule has 0 bridgehead atoms. The number of furan rings is 1. The molecule has 1 aromatic heterocycles. The van der Waals surface area contributed by atoms with Crippen molar-refractivity contribution in [3.05, 3.63) is 24.2 Å². The molecule has 0 saturated carbocycles. The zero-order chi connectivity index (χ0) is 11.2. The van der Waals surface area contributed by atoms with Crippen LogP contribution in [-0.2, 0) is 10.0 Å². The van der Waals surface area contributed by atoms with Gasteiger partial charge in [0.1, 0.15) is 6.26 Å². The standard InChI is InChI=1S/C5H4O3.C2H7NO2S/c6-5(7)4-1-2-8-3-4;1-2-6(3,4)5/h1-3H,(H,6,7);2H2,1H3,(H2,3,4,5). The largest absolute Gasteiger partial charge is 0.478 e. The molecule has 0 unspecified atom stereocenters. The normalized spacial score (nSPS) is 10.1. The van der Waals surface area contributed by atoms with Crippen molar-refractivity contribution in [1.29, 1.82) is 0 Å². The highest BCUT2D eigenvalue weighted by Crippen LogP contribution is 1.97. The molecule has 6 nitrogen and oxygen atoms in total. The molecule has 7 heteroatoms. The molecule has 14 heavy (non-hydrogen) atoms. The van der Waals surface area contributed by atoms with E-state index in [1.165, 1.54) is 25.5 Å². The van der Waals surface area contributed by atoms with Crippen molar-refractivity contribution in [3.8, 4) is 0 Å². The van der Waals surface area contributed by atoms with Gasteiger partial charge in [-0.25, -0.2) is 18.4 Å². The van der Waals surface area contributed by atoms with Gasteiger partial charge in [-0.2, -0.15) is 0 Å². The van der Waals surface area contributed by atoms with Crippen LogP contribution in [-0.4, -0.2) is 25.2 Å². The van der Waals surface area contributed by atoms with Gasteiger partial charge in [-0.3, -0.25) is 0 Å². The molecule has 3 N–H and O–H groups in total. The van der Waals surface area contributed by atoms with Crippen molar-refractivity contribution in [2.45, 2.75) is 6.92 Å². The lowest BCUT2D eigenvalue weighted by atomic mass is 10.4. The lowest BCUT2D eigenvalue weighted by Gasteiger charge is -1.81. The van der Waals surface area contributed by atoms with E-state index < -0.39 is 16.0 Å². The third-order valence-electron chi connectivity index (χ3n) is 1.17. The van der Waals surface area contributed by atoms with E-state index in [2.05, 4.69) is 9.56 Å². The van der Waals surface area contributed by atoms with Crippen LogP contribution in [0.5, 0.6) is 0 Å². The third-order valence-corrected chi connectivity index (χ3v) is 1.98. The van der Waals surface area contributed by atoms with Gasteiger partial charge < -0.3 is 9.52 Å². The van der Waals surface area contributed by atoms with Crippen LogP contribution in [0.3, 0.4) is 0 Å². The second-order valence-corrected chi connectivity index (χ2v) is 4.17. The van der Waals surface area contributed by atoms with Gasteiger partial charge in [0, 0.05) is 0 Å². The Kier molecular flexibility index (Phi) is 4.89. The fourth-order valence-corrected chi connectivity index (χ4v) is 0.386. The van der Waals surface area contributed by atoms with Crippen LogP contribution in [0.15, 0.2) is 23.0 Å².